The second-order valence-electron chi connectivity index (χ2n) is 7.82. The number of hydrogen-bond donors (Lipinski definition) is 0. The van der Waals surface area contributed by atoms with Crippen LogP contribution in [-0.2, 0) is 6.54 Å². The number of carbonyl (C=O) groups excluding carboxylic acids is 1. The summed E-state index contributed by atoms with van der Waals surface area (Å²) in [4.78, 5) is 24.7. The molecule has 0 N–H and O–H groups in total. The van der Waals surface area contributed by atoms with E-state index in [2.05, 4.69) is 45.2 Å². The first-order chi connectivity index (χ1) is 13.3. The van der Waals surface area contributed by atoms with Crippen LogP contribution in [0.3, 0.4) is 0 Å². The molecule has 0 saturated carbocycles. The number of carbonyl (C=O) groups is 1. The minimum absolute atomic E-state index is 0.0741. The predicted molar refractivity (Wildman–Crippen MR) is 105 cm³/mol. The van der Waals surface area contributed by atoms with E-state index in [9.17, 15) is 4.79 Å². The van der Waals surface area contributed by atoms with Crippen molar-refractivity contribution >= 4 is 16.8 Å². The van der Waals surface area contributed by atoms with Gasteiger partial charge in [-0.25, -0.2) is 4.98 Å². The third kappa shape index (κ3) is 3.15. The van der Waals surface area contributed by atoms with Gasteiger partial charge in [-0.05, 0) is 43.4 Å². The fraction of sp³-hybridized carbons (Fsp3) is 0.348. The van der Waals surface area contributed by atoms with Crippen molar-refractivity contribution < 1.29 is 4.79 Å². The molecule has 2 bridgehead atoms. The van der Waals surface area contributed by atoms with E-state index in [1.807, 2.05) is 24.3 Å². The molecular formula is C23H23N3O. The molecule has 2 saturated heterocycles. The van der Waals surface area contributed by atoms with E-state index in [-0.39, 0.29) is 11.7 Å². The van der Waals surface area contributed by atoms with Crippen molar-refractivity contribution in [2.45, 2.75) is 44.3 Å². The molecule has 4 heteroatoms. The van der Waals surface area contributed by atoms with Gasteiger partial charge in [-0.1, -0.05) is 42.5 Å². The maximum atomic E-state index is 13.1. The highest BCUT2D eigenvalue weighted by Gasteiger charge is 2.43. The van der Waals surface area contributed by atoms with Gasteiger partial charge in [0.1, 0.15) is 5.69 Å². The van der Waals surface area contributed by atoms with Gasteiger partial charge in [-0.3, -0.25) is 14.7 Å². The minimum atomic E-state index is 0.0741. The molecule has 0 radical (unpaired) electrons. The Bertz CT molecular complexity index is 958. The lowest BCUT2D eigenvalue weighted by Gasteiger charge is -2.38. The number of rotatable bonds is 4. The molecule has 2 aliphatic rings. The topological polar surface area (TPSA) is 46.1 Å². The molecule has 1 aromatic heterocycles. The Hall–Kier alpha value is -2.59. The first kappa shape index (κ1) is 16.6. The number of fused-ring (bicyclic) bond motifs is 3. The number of benzene rings is 2. The van der Waals surface area contributed by atoms with Crippen LogP contribution in [0, 0.1) is 5.92 Å². The lowest BCUT2D eigenvalue weighted by molar-refractivity contribution is 0.0674. The fourth-order valence-corrected chi connectivity index (χ4v) is 4.83. The van der Waals surface area contributed by atoms with E-state index in [1.165, 1.54) is 18.4 Å². The molecule has 2 fully saturated rings. The first-order valence-electron chi connectivity index (χ1n) is 9.83. The maximum absolute atomic E-state index is 13.1. The van der Waals surface area contributed by atoms with Crippen molar-refractivity contribution in [2.75, 3.05) is 0 Å². The Morgan fingerprint density at radius 3 is 2.33 bits per heavy atom. The maximum Gasteiger partial charge on any atom is 0.185 e. The normalized spacial score (nSPS) is 25.0. The van der Waals surface area contributed by atoms with Crippen LogP contribution in [0.1, 0.15) is 41.7 Å². The lowest BCUT2D eigenvalue weighted by atomic mass is 9.86. The number of Topliss-reactive ketones (excluding diaryl/α,β-unsaturated/α-hetero) is 1. The molecule has 0 aliphatic carbocycles. The summed E-state index contributed by atoms with van der Waals surface area (Å²) in [5.74, 6) is 0.245. The predicted octanol–water partition coefficient (Wildman–Crippen LogP) is 4.26. The standard InChI is InChI=1S/C23H23N3O/c27-23(22-14-24-20-8-4-5-9-21(20)25-22)17-12-18-10-11-19(13-17)26(18)15-16-6-2-1-3-7-16/h1-9,14,17-19H,10-13,15H2. The summed E-state index contributed by atoms with van der Waals surface area (Å²) in [6.45, 7) is 0.993. The Balaban J connectivity index is 1.33. The number of nitrogens with zero attached hydrogens (tertiary/aromatic N) is 3. The number of para-hydroxylation sites is 2. The third-order valence-corrected chi connectivity index (χ3v) is 6.16. The molecule has 0 amide bonds. The quantitative estimate of drug-likeness (QED) is 0.655. The van der Waals surface area contributed by atoms with Crippen LogP contribution >= 0.6 is 0 Å². The summed E-state index contributed by atoms with van der Waals surface area (Å²) in [7, 11) is 0. The van der Waals surface area contributed by atoms with Gasteiger partial charge >= 0.3 is 0 Å². The number of ketones is 1. The smallest absolute Gasteiger partial charge is 0.185 e. The van der Waals surface area contributed by atoms with Gasteiger partial charge in [0, 0.05) is 24.5 Å². The Morgan fingerprint density at radius 2 is 1.59 bits per heavy atom. The van der Waals surface area contributed by atoms with Crippen LogP contribution in [0.4, 0.5) is 0 Å². The van der Waals surface area contributed by atoms with Gasteiger partial charge < -0.3 is 0 Å². The number of hydrogen-bond acceptors (Lipinski definition) is 4. The summed E-state index contributed by atoms with van der Waals surface area (Å²) < 4.78 is 0. The van der Waals surface area contributed by atoms with Crippen LogP contribution in [0.25, 0.3) is 11.0 Å². The second kappa shape index (κ2) is 6.86. The van der Waals surface area contributed by atoms with Crippen molar-refractivity contribution in [1.29, 1.82) is 0 Å². The molecule has 136 valence electrons. The average Bonchev–Trinajstić information content (AvgIpc) is 2.95. The van der Waals surface area contributed by atoms with Gasteiger partial charge in [-0.2, -0.15) is 0 Å². The molecule has 2 aliphatic heterocycles. The zero-order chi connectivity index (χ0) is 18.2. The van der Waals surface area contributed by atoms with E-state index in [0.29, 0.717) is 17.8 Å². The molecule has 5 rings (SSSR count). The van der Waals surface area contributed by atoms with Crippen molar-refractivity contribution in [2.24, 2.45) is 5.92 Å². The van der Waals surface area contributed by atoms with Gasteiger partial charge in [-0.15, -0.1) is 0 Å². The first-order valence-corrected chi connectivity index (χ1v) is 9.83. The SMILES string of the molecule is O=C(c1cnc2ccccc2n1)C1CC2CCC(C1)N2Cc1ccccc1. The Morgan fingerprint density at radius 1 is 0.926 bits per heavy atom. The van der Waals surface area contributed by atoms with Crippen LogP contribution in [-0.4, -0.2) is 32.7 Å². The highest BCUT2D eigenvalue weighted by atomic mass is 16.1. The van der Waals surface area contributed by atoms with E-state index in [0.717, 1.165) is 30.4 Å². The van der Waals surface area contributed by atoms with Crippen LogP contribution in [0.15, 0.2) is 60.8 Å². The summed E-state index contributed by atoms with van der Waals surface area (Å²) in [5.41, 5.74) is 3.52. The summed E-state index contributed by atoms with van der Waals surface area (Å²) >= 11 is 0. The van der Waals surface area contributed by atoms with E-state index < -0.39 is 0 Å². The Kier molecular flexibility index (Phi) is 4.21. The minimum Gasteiger partial charge on any atom is -0.293 e. The zero-order valence-corrected chi connectivity index (χ0v) is 15.3. The van der Waals surface area contributed by atoms with E-state index in [4.69, 9.17) is 0 Å². The molecule has 2 atom stereocenters. The molecule has 3 aromatic rings. The third-order valence-electron chi connectivity index (χ3n) is 6.16. The second-order valence-corrected chi connectivity index (χ2v) is 7.82. The summed E-state index contributed by atoms with van der Waals surface area (Å²) in [6, 6.07) is 19.4. The number of piperidine rings is 1. The van der Waals surface area contributed by atoms with Gasteiger partial charge in [0.25, 0.3) is 0 Å². The lowest BCUT2D eigenvalue weighted by Crippen LogP contribution is -2.44. The fourth-order valence-electron chi connectivity index (χ4n) is 4.83. The highest BCUT2D eigenvalue weighted by Crippen LogP contribution is 2.40. The van der Waals surface area contributed by atoms with E-state index >= 15 is 0 Å². The van der Waals surface area contributed by atoms with Crippen molar-refractivity contribution in [3.8, 4) is 0 Å². The van der Waals surface area contributed by atoms with Crippen LogP contribution < -0.4 is 0 Å². The number of aromatic nitrogens is 2. The highest BCUT2D eigenvalue weighted by molar-refractivity contribution is 5.97. The van der Waals surface area contributed by atoms with Crippen LogP contribution in [0.2, 0.25) is 0 Å². The van der Waals surface area contributed by atoms with Gasteiger partial charge in [0.15, 0.2) is 5.78 Å². The Labute approximate surface area is 159 Å². The average molecular weight is 357 g/mol. The van der Waals surface area contributed by atoms with Gasteiger partial charge in [0.05, 0.1) is 17.2 Å². The molecular weight excluding hydrogens is 334 g/mol. The van der Waals surface area contributed by atoms with E-state index in [1.54, 1.807) is 6.20 Å². The van der Waals surface area contributed by atoms with Crippen LogP contribution in [0.5, 0.6) is 0 Å². The van der Waals surface area contributed by atoms with Crippen molar-refractivity contribution in [3.05, 3.63) is 72.1 Å². The molecule has 2 aromatic carbocycles. The largest absolute Gasteiger partial charge is 0.293 e. The molecule has 27 heavy (non-hydrogen) atoms. The van der Waals surface area contributed by atoms with Gasteiger partial charge in [0.2, 0.25) is 0 Å². The molecule has 4 nitrogen and oxygen atoms in total. The molecule has 2 unspecified atom stereocenters. The summed E-state index contributed by atoms with van der Waals surface area (Å²) in [6.07, 6.45) is 5.94. The van der Waals surface area contributed by atoms with Crippen molar-refractivity contribution in [3.63, 3.8) is 0 Å². The molecule has 3 heterocycles. The molecule has 0 spiro atoms. The summed E-state index contributed by atoms with van der Waals surface area (Å²) in [5, 5.41) is 0. The zero-order valence-electron chi connectivity index (χ0n) is 15.3. The monoisotopic (exact) mass is 357 g/mol. The van der Waals surface area contributed by atoms with Crippen molar-refractivity contribution in [1.82, 2.24) is 14.9 Å².